The van der Waals surface area contributed by atoms with Gasteiger partial charge in [-0.1, -0.05) is 70.8 Å². The fraction of sp³-hybridized carbons (Fsp3) is 0.550. The number of hydrogen-bond donors (Lipinski definition) is 5. The molecule has 286 valence electrons. The summed E-state index contributed by atoms with van der Waals surface area (Å²) in [6, 6.07) is 13.7. The number of phenols is 1. The van der Waals surface area contributed by atoms with Crippen LogP contribution in [0.5, 0.6) is 11.5 Å². The molecular weight excluding hydrogens is 721 g/mol. The molecule has 1 aliphatic carbocycles. The Balaban J connectivity index is 1.18. The fourth-order valence-corrected chi connectivity index (χ4v) is 11.3. The molecule has 3 aromatic carbocycles. The predicted octanol–water partition coefficient (Wildman–Crippen LogP) is 5.75. The minimum absolute atomic E-state index is 0.0623. The second kappa shape index (κ2) is 16.5. The molecule has 1 spiro atoms. The largest absolute Gasteiger partial charge is 0.506 e. The van der Waals surface area contributed by atoms with Crippen LogP contribution in [0.3, 0.4) is 0 Å². The quantitative estimate of drug-likeness (QED) is 0.139. The van der Waals surface area contributed by atoms with Crippen molar-refractivity contribution in [3.63, 3.8) is 0 Å². The second-order valence-corrected chi connectivity index (χ2v) is 17.4. The highest BCUT2D eigenvalue weighted by atomic mass is 33.1. The van der Waals surface area contributed by atoms with Gasteiger partial charge in [-0.15, -0.1) is 0 Å². The number of carboxylic acids is 1. The van der Waals surface area contributed by atoms with Crippen molar-refractivity contribution in [3.8, 4) is 11.5 Å². The zero-order valence-corrected chi connectivity index (χ0v) is 31.4. The van der Waals surface area contributed by atoms with Crippen molar-refractivity contribution in [3.05, 3.63) is 70.8 Å². The Labute approximate surface area is 316 Å². The van der Waals surface area contributed by atoms with Gasteiger partial charge in [0.2, 0.25) is 6.29 Å². The van der Waals surface area contributed by atoms with Crippen molar-refractivity contribution >= 4 is 44.1 Å². The van der Waals surface area contributed by atoms with Gasteiger partial charge < -0.3 is 44.5 Å². The zero-order valence-electron chi connectivity index (χ0n) is 29.7. The van der Waals surface area contributed by atoms with Crippen LogP contribution >= 0.6 is 21.6 Å². The van der Waals surface area contributed by atoms with Crippen LogP contribution in [0, 0.1) is 30.6 Å². The van der Waals surface area contributed by atoms with E-state index >= 15 is 0 Å². The molecule has 4 fully saturated rings. The molecule has 3 aliphatic heterocycles. The van der Waals surface area contributed by atoms with E-state index in [1.54, 1.807) is 23.8 Å². The number of carbonyl (C=O) groups excluding carboxylic acids is 1. The second-order valence-electron chi connectivity index (χ2n) is 14.9. The van der Waals surface area contributed by atoms with E-state index in [0.29, 0.717) is 53.9 Å². The molecule has 0 bridgehead atoms. The smallest absolute Gasteiger partial charge is 0.335 e. The Kier molecular flexibility index (Phi) is 11.9. The van der Waals surface area contributed by atoms with E-state index in [9.17, 15) is 35.1 Å². The van der Waals surface area contributed by atoms with Crippen LogP contribution in [0.4, 0.5) is 0 Å². The number of aromatic hydroxyl groups is 1. The van der Waals surface area contributed by atoms with Crippen molar-refractivity contribution in [2.75, 3.05) is 31.5 Å². The lowest BCUT2D eigenvalue weighted by molar-refractivity contribution is -0.322. The number of aliphatic hydroxyl groups excluding tert-OH is 3. The molecular formula is C40H48O11S2. The number of fused-ring (bicyclic) bond motifs is 1. The normalized spacial score (nSPS) is 32.1. The summed E-state index contributed by atoms with van der Waals surface area (Å²) in [6.45, 7) is 2.62. The summed E-state index contributed by atoms with van der Waals surface area (Å²) < 4.78 is 24.9. The summed E-state index contributed by atoms with van der Waals surface area (Å²) in [4.78, 5) is 25.8. The van der Waals surface area contributed by atoms with Gasteiger partial charge in [0.05, 0.1) is 29.7 Å². The molecule has 53 heavy (non-hydrogen) atoms. The number of phenolic OH excluding ortho intramolecular Hbond substituents is 1. The van der Waals surface area contributed by atoms with Gasteiger partial charge in [-0.05, 0) is 84.9 Å². The van der Waals surface area contributed by atoms with Crippen molar-refractivity contribution in [2.24, 2.45) is 23.7 Å². The van der Waals surface area contributed by atoms with Crippen LogP contribution in [-0.4, -0.2) is 99.0 Å². The topological polar surface area (TPSA) is 172 Å². The van der Waals surface area contributed by atoms with E-state index in [2.05, 4.69) is 0 Å². The first-order valence-corrected chi connectivity index (χ1v) is 21.0. The van der Waals surface area contributed by atoms with Gasteiger partial charge >= 0.3 is 5.97 Å². The van der Waals surface area contributed by atoms with Crippen LogP contribution in [0.15, 0.2) is 48.5 Å². The molecule has 0 aromatic heterocycles. The van der Waals surface area contributed by atoms with E-state index in [1.165, 1.54) is 22.9 Å². The molecule has 0 unspecified atom stereocenters. The van der Waals surface area contributed by atoms with Crippen molar-refractivity contribution in [1.82, 2.24) is 0 Å². The van der Waals surface area contributed by atoms with Crippen LogP contribution in [0.1, 0.15) is 70.4 Å². The van der Waals surface area contributed by atoms with Crippen LogP contribution in [0.25, 0.3) is 10.8 Å². The predicted molar refractivity (Wildman–Crippen MR) is 201 cm³/mol. The Morgan fingerprint density at radius 1 is 1.00 bits per heavy atom. The number of Topliss-reactive ketones (excluding diaryl/α,β-unsaturated/α-hetero) is 1. The van der Waals surface area contributed by atoms with Gasteiger partial charge in [0.1, 0.15) is 41.4 Å². The Morgan fingerprint density at radius 3 is 2.55 bits per heavy atom. The molecule has 3 saturated heterocycles. The van der Waals surface area contributed by atoms with Crippen molar-refractivity contribution in [2.45, 2.75) is 82.1 Å². The monoisotopic (exact) mass is 768 g/mol. The molecule has 7 rings (SSSR count). The Morgan fingerprint density at radius 2 is 1.77 bits per heavy atom. The van der Waals surface area contributed by atoms with E-state index in [0.717, 1.165) is 43.8 Å². The number of ketones is 1. The summed E-state index contributed by atoms with van der Waals surface area (Å²) in [7, 11) is 3.21. The molecule has 0 radical (unpaired) electrons. The number of carboxylic acid groups (broad SMARTS) is 1. The fourth-order valence-electron chi connectivity index (χ4n) is 9.25. The molecule has 3 heterocycles. The van der Waals surface area contributed by atoms with Gasteiger partial charge in [0, 0.05) is 18.8 Å². The third-order valence-electron chi connectivity index (χ3n) is 11.8. The molecule has 3 aromatic rings. The summed E-state index contributed by atoms with van der Waals surface area (Å²) in [5.74, 6) is 0.763. The first kappa shape index (κ1) is 38.4. The lowest BCUT2D eigenvalue weighted by atomic mass is 9.63. The number of benzene rings is 3. The van der Waals surface area contributed by atoms with E-state index in [4.69, 9.17) is 18.9 Å². The average Bonchev–Trinajstić information content (AvgIpc) is 3.19. The van der Waals surface area contributed by atoms with Gasteiger partial charge in [-0.2, -0.15) is 0 Å². The van der Waals surface area contributed by atoms with Gasteiger partial charge in [0.15, 0.2) is 5.78 Å². The van der Waals surface area contributed by atoms with Gasteiger partial charge in [0.25, 0.3) is 0 Å². The number of ether oxygens (including phenoxy) is 4. The summed E-state index contributed by atoms with van der Waals surface area (Å²) in [5, 5.41) is 56.4. The highest BCUT2D eigenvalue weighted by molar-refractivity contribution is 8.76. The maximum atomic E-state index is 13.5. The molecule has 5 N–H and O–H groups in total. The molecule has 13 heteroatoms. The standard InChI is InChI=1S/C40H48O11S2/c1-22-14-26-15-27(38(46)47)16-30(34(26)35(43)32(22)29(42)11-10-23-6-3-2-4-7-23)50-39-36(44)37(45)40(31(17-41)51-39)13-12-24-8-5-9-25-18-48-19-28(33(24)25)20-52-53-21-49-40/h2-4,6-7,14-16,24-25,28,31,33,36-37,39,41,43-45H,5,8-13,17-21H2,1H3,(H,46,47)/t24-,25-,28-,31-,33-,36-,37-,39+,40+/m1/s1. The first-order chi connectivity index (χ1) is 25.6. The Hall–Kier alpha value is -2.88. The number of carbonyl (C=O) groups is 2. The van der Waals surface area contributed by atoms with Gasteiger partial charge in [-0.25, -0.2) is 4.79 Å². The van der Waals surface area contributed by atoms with Gasteiger partial charge in [-0.3, -0.25) is 4.79 Å². The molecule has 0 amide bonds. The number of aromatic carboxylic acids is 1. The third-order valence-corrected chi connectivity index (χ3v) is 14.0. The lowest BCUT2D eigenvalue weighted by Gasteiger charge is -2.51. The minimum atomic E-state index is -1.68. The number of rotatable bonds is 8. The summed E-state index contributed by atoms with van der Waals surface area (Å²) in [5.41, 5.74) is -0.104. The van der Waals surface area contributed by atoms with E-state index in [-0.39, 0.29) is 46.2 Å². The van der Waals surface area contributed by atoms with Crippen LogP contribution in [-0.2, 0) is 20.6 Å². The Bertz CT molecular complexity index is 1780. The maximum Gasteiger partial charge on any atom is 0.335 e. The molecule has 11 nitrogen and oxygen atoms in total. The van der Waals surface area contributed by atoms with Crippen LogP contribution in [0.2, 0.25) is 0 Å². The summed E-state index contributed by atoms with van der Waals surface area (Å²) >= 11 is 0. The minimum Gasteiger partial charge on any atom is -0.506 e. The molecule has 4 aliphatic rings. The SMILES string of the molecule is Cc1cc2cc(C(=O)O)cc(O[C@H]3O[C@H](CO)[C@@]4(CC[C@H]5CCC[C@@H]6COC[C@H](CSSCO4)[C@H]56)[C@H](O)[C@H]3O)c2c(O)c1C(=O)CCc1ccccc1. The molecule has 1 saturated carbocycles. The van der Waals surface area contributed by atoms with Crippen LogP contribution < -0.4 is 4.74 Å². The average molecular weight is 769 g/mol. The van der Waals surface area contributed by atoms with E-state index < -0.39 is 42.8 Å². The highest BCUT2D eigenvalue weighted by Crippen LogP contribution is 2.50. The number of aliphatic hydroxyl groups is 3. The maximum absolute atomic E-state index is 13.5. The summed E-state index contributed by atoms with van der Waals surface area (Å²) in [6.07, 6.45) is -1.02. The lowest BCUT2D eigenvalue weighted by Crippen LogP contribution is -2.69. The van der Waals surface area contributed by atoms with Crippen molar-refractivity contribution < 1.29 is 54.1 Å². The number of aryl methyl sites for hydroxylation is 2. The first-order valence-electron chi connectivity index (χ1n) is 18.5. The molecule has 9 atom stereocenters. The zero-order chi connectivity index (χ0) is 37.3. The number of hydrogen-bond acceptors (Lipinski definition) is 12. The van der Waals surface area contributed by atoms with Crippen molar-refractivity contribution in [1.29, 1.82) is 0 Å². The van der Waals surface area contributed by atoms with E-state index in [1.807, 2.05) is 30.3 Å². The third kappa shape index (κ3) is 7.69. The highest BCUT2D eigenvalue weighted by Gasteiger charge is 2.58.